The van der Waals surface area contributed by atoms with E-state index in [-0.39, 0.29) is 74.3 Å². The number of benzene rings is 4. The van der Waals surface area contributed by atoms with E-state index in [0.717, 1.165) is 59.5 Å². The van der Waals surface area contributed by atoms with Crippen LogP contribution in [0, 0.1) is 5.92 Å². The number of amides is 7. The average Bonchev–Trinajstić information content (AvgIpc) is 1.66. The van der Waals surface area contributed by atoms with E-state index in [4.69, 9.17) is 50.6 Å². The largest absolute Gasteiger partial charge is 0.504 e. The standard InChI is InChI=1S/C65H84N12O16S.C2F6.C2HF3O2.2CH2O2/c1-35-32-77-55(56(35)84)61(89)68-31-43(79)29-46(69-57(85)39-10-12-40(13-11-39)62-73-74-63(94-62)41-14-16-42(17-15-41)75-24-20-45(21-25-75)93-34-37-7-4-3-5-8-37)58(86)70-52(36(2)78)64(90)76-33-44(80)30-47(76)59(87)71-53(60(88)72-54(65(77)91)49(82)19-23-67)50(83)27-38-9-18-48(81)51(28-38)92-26-6-22-66;3-1(4,5)2(6,7)8;3-2(4,5)1(6)7;2*2-1-3/h3-5,7-18,28,35-36,43-47,49-50,52-56,78-84H,6,19-27,29-34,66-67H2,1-2H3,(H,68,89)(H,69,85)(H,70,86)(H,71,87)(H,72,88);;(H,6,7);2*1H,(H,2,3)/t35-,36+,43+,44+,46-,47-,49+,50+,52-,53-,54-,55-,56-;;;;/m0..../s1. The van der Waals surface area contributed by atoms with Crippen LogP contribution in [0.2, 0.25) is 0 Å². The molecule has 4 aliphatic rings. The molecular weight excluding hydrogens is 1580 g/mol. The average molecular weight is 1670 g/mol. The van der Waals surface area contributed by atoms with Crippen molar-refractivity contribution in [3.63, 3.8) is 0 Å². The van der Waals surface area contributed by atoms with E-state index in [1.54, 1.807) is 12.1 Å². The maximum Gasteiger partial charge on any atom is 0.490 e. The fraction of sp³-hybridized carbons (Fsp3) is 0.493. The van der Waals surface area contributed by atoms with Crippen LogP contribution in [0.3, 0.4) is 0 Å². The summed E-state index contributed by atoms with van der Waals surface area (Å²) in [6.45, 7) is 3.19. The number of nitrogens with one attached hydrogen (secondary N) is 5. The number of phenolic OH excluding ortho intramolecular Hbond substituents is 1. The second-order valence-corrected chi connectivity index (χ2v) is 27.4. The van der Waals surface area contributed by atoms with Gasteiger partial charge in [0.25, 0.3) is 18.9 Å². The normalized spacial score (nSPS) is 22.8. The Morgan fingerprint density at radius 2 is 1.23 bits per heavy atom. The summed E-state index contributed by atoms with van der Waals surface area (Å²) < 4.78 is 106. The summed E-state index contributed by atoms with van der Waals surface area (Å²) in [5.74, 6) is -11.3. The van der Waals surface area contributed by atoms with Crippen LogP contribution in [-0.4, -0.2) is 281 Å². The molecule has 5 aromatic rings. The number of carboxylic acids is 1. The number of carboxylic acid groups (broad SMARTS) is 3. The monoisotopic (exact) mass is 1660 g/mol. The number of aliphatic hydroxyl groups is 6. The molecule has 7 amide bonds. The fourth-order valence-corrected chi connectivity index (χ4v) is 12.9. The first-order valence-electron chi connectivity index (χ1n) is 35.2. The molecule has 0 saturated carbocycles. The number of aliphatic hydroxyl groups excluding tert-OH is 6. The number of anilines is 1. The summed E-state index contributed by atoms with van der Waals surface area (Å²) in [7, 11) is 0. The van der Waals surface area contributed by atoms with Crippen molar-refractivity contribution in [3.8, 4) is 32.6 Å². The molecule has 4 saturated heterocycles. The molecule has 4 aliphatic heterocycles. The zero-order valence-electron chi connectivity index (χ0n) is 61.4. The van der Waals surface area contributed by atoms with Crippen LogP contribution in [0.25, 0.3) is 21.1 Å². The van der Waals surface area contributed by atoms with Gasteiger partial charge in [0.05, 0.1) is 55.9 Å². The first-order valence-corrected chi connectivity index (χ1v) is 36.0. The van der Waals surface area contributed by atoms with Gasteiger partial charge in [0.15, 0.2) is 11.5 Å². The molecule has 0 radical (unpaired) electrons. The van der Waals surface area contributed by atoms with E-state index >= 15 is 0 Å². The van der Waals surface area contributed by atoms with Crippen LogP contribution >= 0.6 is 11.3 Å². The van der Waals surface area contributed by atoms with Gasteiger partial charge in [0, 0.05) is 80.3 Å². The molecule has 5 heterocycles. The second-order valence-electron chi connectivity index (χ2n) is 26.4. The number of nitrogens with two attached hydrogens (primary N) is 2. The van der Waals surface area contributed by atoms with Crippen molar-refractivity contribution in [2.24, 2.45) is 17.4 Å². The molecule has 0 aliphatic carbocycles. The Morgan fingerprint density at radius 3 is 1.77 bits per heavy atom. The Hall–Kier alpha value is -10.4. The highest BCUT2D eigenvalue weighted by molar-refractivity contribution is 7.17. The Kier molecular flexibility index (Phi) is 36.8. The zero-order chi connectivity index (χ0) is 85.8. The highest BCUT2D eigenvalue weighted by Crippen LogP contribution is 2.37. The van der Waals surface area contributed by atoms with Crippen LogP contribution in [0.1, 0.15) is 73.9 Å². The number of piperidine rings is 1. The van der Waals surface area contributed by atoms with Gasteiger partial charge < -0.3 is 113 Å². The lowest BCUT2D eigenvalue weighted by Gasteiger charge is -2.34. The number of ether oxygens (including phenoxy) is 2. The number of alkyl halides is 9. The zero-order valence-corrected chi connectivity index (χ0v) is 62.2. The predicted octanol–water partition coefficient (Wildman–Crippen LogP) is 0.934. The summed E-state index contributed by atoms with van der Waals surface area (Å²) in [5, 5.41) is 123. The summed E-state index contributed by atoms with van der Waals surface area (Å²) >= 11 is 1.33. The van der Waals surface area contributed by atoms with Crippen molar-refractivity contribution in [1.29, 1.82) is 0 Å². The minimum Gasteiger partial charge on any atom is -0.504 e. The molecule has 44 heteroatoms. The number of hydrogen-bond acceptors (Lipinski definition) is 25. The molecule has 1 aromatic heterocycles. The number of aromatic nitrogens is 2. The van der Waals surface area contributed by atoms with Gasteiger partial charge in [-0.05, 0) is 105 Å². The van der Waals surface area contributed by atoms with Crippen LogP contribution in [0.4, 0.5) is 45.2 Å². The van der Waals surface area contributed by atoms with Crippen molar-refractivity contribution >= 4 is 77.3 Å². The number of rotatable bonds is 19. The maximum atomic E-state index is 14.8. The number of halogens is 9. The van der Waals surface area contributed by atoms with Crippen molar-refractivity contribution in [3.05, 3.63) is 114 Å². The van der Waals surface area contributed by atoms with Gasteiger partial charge in [-0.3, -0.25) is 43.2 Å². The third kappa shape index (κ3) is 28.2. The van der Waals surface area contributed by atoms with Crippen molar-refractivity contribution < 1.29 is 148 Å². The van der Waals surface area contributed by atoms with Gasteiger partial charge in [0.1, 0.15) is 46.3 Å². The van der Waals surface area contributed by atoms with Crippen LogP contribution < -0.4 is 47.7 Å². The van der Waals surface area contributed by atoms with Crippen LogP contribution in [0.15, 0.2) is 97.1 Å². The van der Waals surface area contributed by atoms with E-state index < -0.39 is 177 Å². The molecule has 19 N–H and O–H groups in total. The molecular formula is C71H89F9N12O22S. The third-order valence-corrected chi connectivity index (χ3v) is 18.9. The van der Waals surface area contributed by atoms with Gasteiger partial charge in [-0.15, -0.1) is 10.2 Å². The summed E-state index contributed by atoms with van der Waals surface area (Å²) in [4.78, 5) is 131. The molecule has 634 valence electrons. The summed E-state index contributed by atoms with van der Waals surface area (Å²) in [6, 6.07) is 17.5. The Bertz CT molecular complexity index is 3980. The molecule has 0 unspecified atom stereocenters. The lowest BCUT2D eigenvalue weighted by atomic mass is 9.98. The van der Waals surface area contributed by atoms with Gasteiger partial charge in [-0.2, -0.15) is 39.5 Å². The molecule has 4 fully saturated rings. The molecule has 115 heavy (non-hydrogen) atoms. The first kappa shape index (κ1) is 95.1. The highest BCUT2D eigenvalue weighted by Gasteiger charge is 2.59. The fourth-order valence-electron chi connectivity index (χ4n) is 12.0. The predicted molar refractivity (Wildman–Crippen MR) is 386 cm³/mol. The van der Waals surface area contributed by atoms with Gasteiger partial charge in [-0.25, -0.2) is 4.79 Å². The Morgan fingerprint density at radius 1 is 0.687 bits per heavy atom. The second kappa shape index (κ2) is 44.4. The smallest absolute Gasteiger partial charge is 0.490 e. The molecule has 4 aromatic carbocycles. The van der Waals surface area contributed by atoms with E-state index in [1.165, 1.54) is 48.6 Å². The van der Waals surface area contributed by atoms with E-state index in [2.05, 4.69) is 65.9 Å². The number of β-amino-alcohol motifs (C(OH)–C–C–N with tert-alkyl or cyclic N) is 1. The summed E-state index contributed by atoms with van der Waals surface area (Å²) in [6.07, 6.45) is -26.6. The SMILES string of the molecule is C[C@@H](O)[C@@H]1NC(=O)[C@@H](NC(=O)c2ccc(-c3nnc(-c4ccc(N5CCC(OCc6ccccc6)CC5)cc4)s3)cc2)C[C@@H](O)CNC(=O)[C@@H]2[C@@H](O)[C@@H](C)CN2C(=O)[C@H]([C@H](O)CCN)NC(=O)[C@H]([C@H](O)Cc2ccc(O)c(OCCCN)c2)NC(=O)[C@@H]2C[C@@H](O)CN2C1=O.FC(F)(F)C(F)(F)F.O=C(O)C(F)(F)F.O=CO.O=CO. The van der Waals surface area contributed by atoms with Gasteiger partial charge in [0.2, 0.25) is 35.4 Å². The van der Waals surface area contributed by atoms with Crippen molar-refractivity contribution in [2.75, 3.05) is 57.3 Å². The van der Waals surface area contributed by atoms with E-state index in [9.17, 15) is 109 Å². The number of phenols is 1. The molecule has 0 bridgehead atoms. The first-order chi connectivity index (χ1) is 54.1. The minimum absolute atomic E-state index is 0.00362. The molecule has 34 nitrogen and oxygen atoms in total. The topological polar surface area (TPSA) is 539 Å². The molecule has 0 spiro atoms. The molecule has 9 rings (SSSR count). The summed E-state index contributed by atoms with van der Waals surface area (Å²) in [5.41, 5.74) is 15.4. The lowest BCUT2D eigenvalue weighted by molar-refractivity contribution is -0.339. The van der Waals surface area contributed by atoms with E-state index in [1.807, 2.05) is 30.3 Å². The van der Waals surface area contributed by atoms with Crippen molar-refractivity contribution in [1.82, 2.24) is 46.6 Å². The number of aromatic hydroxyl groups is 1. The molecule has 13 atom stereocenters. The highest BCUT2D eigenvalue weighted by atomic mass is 32.1. The van der Waals surface area contributed by atoms with Crippen LogP contribution in [0.5, 0.6) is 11.5 Å². The quantitative estimate of drug-likeness (QED) is 0.0311. The van der Waals surface area contributed by atoms with Crippen molar-refractivity contribution in [2.45, 2.75) is 163 Å². The Labute approximate surface area is 653 Å². The number of carbonyl (C=O) groups excluding carboxylic acids is 7. The maximum absolute atomic E-state index is 14.8. The Balaban J connectivity index is 0.000000994. The van der Waals surface area contributed by atoms with E-state index in [0.29, 0.717) is 28.6 Å². The third-order valence-electron chi connectivity index (χ3n) is 17.9. The minimum atomic E-state index is -6.06. The lowest BCUT2D eigenvalue weighted by Crippen LogP contribution is -2.64. The van der Waals surface area contributed by atoms with Gasteiger partial charge in [-0.1, -0.05) is 66.8 Å². The van der Waals surface area contributed by atoms with Gasteiger partial charge >= 0.3 is 24.5 Å². The number of fused-ring (bicyclic) bond motifs is 2. The number of nitrogens with zero attached hydrogens (tertiary/aromatic N) is 5. The number of hydrogen-bond donors (Lipinski definition) is 17. The number of carbonyl (C=O) groups is 10. The number of aliphatic carboxylic acids is 1. The van der Waals surface area contributed by atoms with Crippen LogP contribution in [-0.2, 0) is 60.9 Å².